The third-order valence-electron chi connectivity index (χ3n) is 11.2. The summed E-state index contributed by atoms with van der Waals surface area (Å²) in [5.41, 5.74) is 7.53. The van der Waals surface area contributed by atoms with Crippen molar-refractivity contribution < 1.29 is 57.4 Å². The van der Waals surface area contributed by atoms with E-state index in [4.69, 9.17) is 53.2 Å². The normalized spacial score (nSPS) is 11.8. The van der Waals surface area contributed by atoms with Crippen LogP contribution in [0.3, 0.4) is 0 Å². The molecule has 0 unspecified atom stereocenters. The van der Waals surface area contributed by atoms with Crippen molar-refractivity contribution in [2.45, 2.75) is 74.4 Å². The van der Waals surface area contributed by atoms with Crippen molar-refractivity contribution in [3.8, 4) is 6.07 Å². The first-order valence-corrected chi connectivity index (χ1v) is 27.2. The summed E-state index contributed by atoms with van der Waals surface area (Å²) in [5.74, 6) is -1.96. The summed E-state index contributed by atoms with van der Waals surface area (Å²) >= 11 is 2.37. The molecule has 2 aromatic heterocycles. The lowest BCUT2D eigenvalue weighted by molar-refractivity contribution is -0.150. The molecule has 0 bridgehead atoms. The quantitative estimate of drug-likeness (QED) is 0.0127. The predicted octanol–water partition coefficient (Wildman–Crippen LogP) is 11.9. The zero-order valence-electron chi connectivity index (χ0n) is 47.1. The first-order valence-electron chi connectivity index (χ1n) is 25.5. The van der Waals surface area contributed by atoms with Gasteiger partial charge < -0.3 is 48.1 Å². The minimum absolute atomic E-state index is 0.0246. The molecule has 0 atom stereocenters. The van der Waals surface area contributed by atoms with Gasteiger partial charge in [0.1, 0.15) is 22.7 Å². The highest BCUT2D eigenvalue weighted by Gasteiger charge is 2.18. The van der Waals surface area contributed by atoms with Gasteiger partial charge in [-0.1, -0.05) is 6.92 Å². The molecule has 0 spiro atoms. The highest BCUT2D eigenvalue weighted by Crippen LogP contribution is 2.47. The fourth-order valence-electron chi connectivity index (χ4n) is 7.00. The minimum atomic E-state index is -0.579. The number of esters is 3. The molecule has 0 fully saturated rings. The van der Waals surface area contributed by atoms with E-state index in [0.29, 0.717) is 120 Å². The highest BCUT2D eigenvalue weighted by atomic mass is 32.1. The zero-order valence-corrected chi connectivity index (χ0v) is 48.7. The molecule has 2 aromatic carbocycles. The Bertz CT molecular complexity index is 3010. The van der Waals surface area contributed by atoms with Gasteiger partial charge in [0.05, 0.1) is 109 Å². The number of carbonyl (C=O) groups is 4. The fourth-order valence-corrected chi connectivity index (χ4v) is 8.72. The summed E-state index contributed by atoms with van der Waals surface area (Å²) in [6, 6.07) is 14.6. The molecule has 0 saturated carbocycles. The predicted molar refractivity (Wildman–Crippen MR) is 309 cm³/mol. The van der Waals surface area contributed by atoms with Crippen molar-refractivity contribution in [3.63, 3.8) is 0 Å². The lowest BCUT2D eigenvalue weighted by Gasteiger charge is -2.29. The van der Waals surface area contributed by atoms with Gasteiger partial charge in [-0.05, 0) is 120 Å². The molecule has 1 N–H and O–H groups in total. The summed E-state index contributed by atoms with van der Waals surface area (Å²) in [7, 11) is 0. The Kier molecular flexibility index (Phi) is 30.9. The van der Waals surface area contributed by atoms with E-state index in [9.17, 15) is 24.4 Å². The van der Waals surface area contributed by atoms with E-state index in [2.05, 4.69) is 95.4 Å². The van der Waals surface area contributed by atoms with Gasteiger partial charge in [-0.3, -0.25) is 4.79 Å². The van der Waals surface area contributed by atoms with Crippen LogP contribution >= 0.6 is 22.7 Å². The molecular formula is C57H68N10O12S2. The Balaban J connectivity index is 0.000000404. The number of carbonyl (C=O) groups excluding carboxylic acids is 4. The van der Waals surface area contributed by atoms with Gasteiger partial charge in [0, 0.05) is 54.8 Å². The minimum Gasteiger partial charge on any atom is -0.460 e. The Morgan fingerprint density at radius 1 is 0.654 bits per heavy atom. The molecule has 0 aliphatic carbocycles. The number of rotatable bonds is 30. The lowest BCUT2D eigenvalue weighted by atomic mass is 10.1. The summed E-state index contributed by atoms with van der Waals surface area (Å²) in [5, 5.41) is 36.7. The van der Waals surface area contributed by atoms with Gasteiger partial charge in [-0.15, -0.1) is 22.7 Å². The number of nitriles is 1. The van der Waals surface area contributed by atoms with Crippen molar-refractivity contribution in [1.29, 1.82) is 5.26 Å². The average molecular weight is 1150 g/mol. The van der Waals surface area contributed by atoms with Crippen molar-refractivity contribution in [3.05, 3.63) is 122 Å². The first-order chi connectivity index (χ1) is 38.9. The molecule has 4 aromatic rings. The van der Waals surface area contributed by atoms with Crippen LogP contribution < -0.4 is 9.80 Å². The van der Waals surface area contributed by atoms with Crippen LogP contribution in [0.5, 0.6) is 0 Å². The van der Waals surface area contributed by atoms with Crippen molar-refractivity contribution in [2.24, 2.45) is 20.5 Å². The zero-order chi connectivity index (χ0) is 59.7. The monoisotopic (exact) mass is 1150 g/mol. The number of aliphatic hydroxyl groups is 1. The van der Waals surface area contributed by atoms with Gasteiger partial charge >= 0.3 is 17.9 Å². The second kappa shape index (κ2) is 37.1. The van der Waals surface area contributed by atoms with Crippen LogP contribution in [-0.2, 0) is 52.3 Å². The SMILES string of the molecule is O=C1C=CC(=O)O1.[C-]#[N+]c1c(N=Nc2ccc(N(CCOCCOCCOCCOCCOC(=O)/C=C\C(C)=O)C(C)C)cc2C)sc(C#N)c1C.[C-]#[N+]c1sc(N=Nc2ccc(N(CCOCCO)C(C)C)cc2C)c([N+]#[C-])c1C. The molecule has 22 nitrogen and oxygen atoms in total. The number of azo groups is 2. The van der Waals surface area contributed by atoms with Crippen LogP contribution in [0.4, 0.5) is 49.1 Å². The fraction of sp³-hybridized carbons (Fsp3) is 0.439. The van der Waals surface area contributed by atoms with E-state index >= 15 is 0 Å². The third-order valence-corrected chi connectivity index (χ3v) is 13.3. The molecule has 5 rings (SSSR count). The second-order valence-electron chi connectivity index (χ2n) is 17.7. The van der Waals surface area contributed by atoms with Crippen LogP contribution in [-0.4, -0.2) is 133 Å². The number of thiophene rings is 2. The number of hydrogen-bond donors (Lipinski definition) is 1. The summed E-state index contributed by atoms with van der Waals surface area (Å²) in [6.07, 6.45) is 4.41. The van der Waals surface area contributed by atoms with E-state index in [1.807, 2.05) is 38.1 Å². The number of ketones is 1. The van der Waals surface area contributed by atoms with Gasteiger partial charge in [-0.25, -0.2) is 28.9 Å². The maximum absolute atomic E-state index is 11.3. The Labute approximate surface area is 481 Å². The molecule has 1 aliphatic heterocycles. The highest BCUT2D eigenvalue weighted by molar-refractivity contribution is 7.20. The molecule has 0 amide bonds. The number of hydrogen-bond acceptors (Lipinski definition) is 21. The number of ether oxygens (including phenoxy) is 7. The maximum Gasteiger partial charge on any atom is 0.338 e. The number of nitrogens with zero attached hydrogens (tertiary/aromatic N) is 10. The van der Waals surface area contributed by atoms with Crippen molar-refractivity contribution >= 4 is 95.5 Å². The standard InChI is InChI=1S/C32H41N5O7S.C21H25N5O2S.C4H2O3/c1-23(2)37(27-8-9-28(24(3)21-27)35-36-32-31(34-6)26(5)29(22-33)45-32)11-12-40-13-14-41-15-16-42-17-18-43-19-20-44-30(39)10-7-25(4)38;1-14(2)26(9-11-28-12-10-27)17-7-8-18(15(3)13-17)24-25-21-19(22-5)16(4)20(23-6)29-21;5-3-1-2-4(6)7-3/h7-10,21,23H,11-20H2,1-5H3;7-8,13-14,27H,9-12H2,1-4H3;1-2H/b10-7-,36-35?;;. The van der Waals surface area contributed by atoms with Crippen LogP contribution in [0.2, 0.25) is 0 Å². The van der Waals surface area contributed by atoms with Crippen LogP contribution in [0.25, 0.3) is 14.5 Å². The smallest absolute Gasteiger partial charge is 0.338 e. The number of anilines is 2. The molecule has 81 heavy (non-hydrogen) atoms. The van der Waals surface area contributed by atoms with E-state index in [-0.39, 0.29) is 31.6 Å². The Morgan fingerprint density at radius 3 is 1.49 bits per heavy atom. The maximum atomic E-state index is 11.3. The molecule has 1 aliphatic rings. The van der Waals surface area contributed by atoms with Gasteiger partial charge in [0.15, 0.2) is 5.78 Å². The van der Waals surface area contributed by atoms with Crippen molar-refractivity contribution in [2.75, 3.05) is 102 Å². The third kappa shape index (κ3) is 23.8. The average Bonchev–Trinajstić information content (AvgIpc) is 4.17. The first kappa shape index (κ1) is 67.4. The molecule has 3 heterocycles. The van der Waals surface area contributed by atoms with Gasteiger partial charge in [0.25, 0.3) is 0 Å². The second-order valence-corrected chi connectivity index (χ2v) is 19.7. The number of cyclic esters (lactones) is 2. The lowest BCUT2D eigenvalue weighted by Crippen LogP contribution is -2.34. The van der Waals surface area contributed by atoms with Crippen LogP contribution in [0.1, 0.15) is 61.7 Å². The molecule has 24 heteroatoms. The molecule has 0 saturated heterocycles. The Morgan fingerprint density at radius 2 is 1.10 bits per heavy atom. The van der Waals surface area contributed by atoms with E-state index in [1.165, 1.54) is 29.6 Å². The Hall–Kier alpha value is -7.88. The largest absolute Gasteiger partial charge is 0.460 e. The van der Waals surface area contributed by atoms with Crippen LogP contribution in [0.15, 0.2) is 81.2 Å². The van der Waals surface area contributed by atoms with E-state index < -0.39 is 17.9 Å². The number of aryl methyl sites for hydroxylation is 2. The molecular weight excluding hydrogens is 1080 g/mol. The number of aliphatic hydroxyl groups excluding tert-OH is 1. The van der Waals surface area contributed by atoms with Gasteiger partial charge in [0.2, 0.25) is 16.4 Å². The summed E-state index contributed by atoms with van der Waals surface area (Å²) in [4.78, 5) is 57.3. The van der Waals surface area contributed by atoms with Gasteiger partial charge in [-0.2, -0.15) is 25.7 Å². The van der Waals surface area contributed by atoms with E-state index in [1.54, 1.807) is 13.8 Å². The van der Waals surface area contributed by atoms with E-state index in [0.717, 1.165) is 59.0 Å². The molecule has 430 valence electrons. The summed E-state index contributed by atoms with van der Waals surface area (Å²) in [6.45, 7) is 45.0. The number of benzene rings is 2. The van der Waals surface area contributed by atoms with Crippen LogP contribution in [0, 0.1) is 58.7 Å². The van der Waals surface area contributed by atoms with Crippen molar-refractivity contribution in [1.82, 2.24) is 0 Å². The topological polar surface area (TPSA) is 246 Å². The summed E-state index contributed by atoms with van der Waals surface area (Å²) < 4.78 is 36.4. The molecule has 0 radical (unpaired) electrons. The number of allylic oxidation sites excluding steroid dienone is 1.